The molecule has 0 fully saturated rings. The third-order valence-electron chi connectivity index (χ3n) is 3.31. The van der Waals surface area contributed by atoms with Crippen LogP contribution in [0, 0.1) is 5.82 Å². The minimum absolute atomic E-state index is 0.0932. The maximum Gasteiger partial charge on any atom is 0.261 e. The average Bonchev–Trinajstić information content (AvgIpc) is 2.51. The van der Waals surface area contributed by atoms with Crippen molar-refractivity contribution in [3.05, 3.63) is 68.7 Å². The van der Waals surface area contributed by atoms with Crippen molar-refractivity contribution in [2.24, 2.45) is 7.05 Å². The number of halogens is 2. The maximum absolute atomic E-state index is 13.9. The Bertz CT molecular complexity index is 910. The zero-order valence-corrected chi connectivity index (χ0v) is 14.1. The van der Waals surface area contributed by atoms with Gasteiger partial charge in [-0.1, -0.05) is 45.9 Å². The van der Waals surface area contributed by atoms with Crippen molar-refractivity contribution < 1.29 is 4.39 Å². The van der Waals surface area contributed by atoms with E-state index in [4.69, 9.17) is 0 Å². The third-order valence-corrected chi connectivity index (χ3v) is 4.89. The number of para-hydroxylation sites is 1. The van der Waals surface area contributed by atoms with E-state index in [0.717, 1.165) is 0 Å². The van der Waals surface area contributed by atoms with E-state index < -0.39 is 0 Å². The first-order valence-corrected chi connectivity index (χ1v) is 8.36. The molecule has 0 radical (unpaired) electrons. The summed E-state index contributed by atoms with van der Waals surface area (Å²) in [5.74, 6) is 0.144. The minimum atomic E-state index is -0.271. The Morgan fingerprint density at radius 2 is 2.05 bits per heavy atom. The van der Waals surface area contributed by atoms with E-state index in [1.165, 1.54) is 22.4 Å². The molecule has 0 bridgehead atoms. The van der Waals surface area contributed by atoms with Crippen molar-refractivity contribution in [2.45, 2.75) is 10.9 Å². The molecule has 0 amide bonds. The van der Waals surface area contributed by atoms with Crippen LogP contribution in [-0.2, 0) is 12.8 Å². The highest BCUT2D eigenvalue weighted by Crippen LogP contribution is 2.24. The number of aromatic nitrogens is 2. The summed E-state index contributed by atoms with van der Waals surface area (Å²) < 4.78 is 16.1. The van der Waals surface area contributed by atoms with Crippen molar-refractivity contribution in [1.29, 1.82) is 0 Å². The van der Waals surface area contributed by atoms with E-state index in [2.05, 4.69) is 20.9 Å². The fourth-order valence-electron chi connectivity index (χ4n) is 2.11. The molecular formula is C16H12BrFN2OS. The van der Waals surface area contributed by atoms with Crippen LogP contribution in [0.2, 0.25) is 0 Å². The van der Waals surface area contributed by atoms with E-state index in [1.807, 2.05) is 12.1 Å². The highest BCUT2D eigenvalue weighted by molar-refractivity contribution is 9.10. The number of fused-ring (bicyclic) bond motifs is 1. The summed E-state index contributed by atoms with van der Waals surface area (Å²) in [6, 6.07) is 12.2. The molecule has 0 atom stereocenters. The number of rotatable bonds is 3. The molecule has 6 heteroatoms. The van der Waals surface area contributed by atoms with Crippen molar-refractivity contribution in [3.8, 4) is 0 Å². The van der Waals surface area contributed by atoms with Crippen molar-refractivity contribution in [2.75, 3.05) is 0 Å². The van der Waals surface area contributed by atoms with Gasteiger partial charge in [0.1, 0.15) is 5.82 Å². The first-order chi connectivity index (χ1) is 10.6. The van der Waals surface area contributed by atoms with Crippen LogP contribution in [0.5, 0.6) is 0 Å². The third kappa shape index (κ3) is 2.94. The summed E-state index contributed by atoms with van der Waals surface area (Å²) in [7, 11) is 1.68. The van der Waals surface area contributed by atoms with E-state index >= 15 is 0 Å². The summed E-state index contributed by atoms with van der Waals surface area (Å²) in [4.78, 5) is 16.8. The molecule has 3 rings (SSSR count). The Morgan fingerprint density at radius 1 is 1.27 bits per heavy atom. The Morgan fingerprint density at radius 3 is 2.82 bits per heavy atom. The van der Waals surface area contributed by atoms with Gasteiger partial charge in [0, 0.05) is 17.3 Å². The second-order valence-electron chi connectivity index (χ2n) is 4.80. The SMILES string of the molecule is Cn1c(SCc2ccc(Br)cc2F)nc2ccccc2c1=O. The summed E-state index contributed by atoms with van der Waals surface area (Å²) in [6.07, 6.45) is 0. The van der Waals surface area contributed by atoms with Crippen molar-refractivity contribution in [1.82, 2.24) is 9.55 Å². The topological polar surface area (TPSA) is 34.9 Å². The molecule has 0 aliphatic carbocycles. The van der Waals surface area contributed by atoms with Gasteiger partial charge in [-0.05, 0) is 29.8 Å². The van der Waals surface area contributed by atoms with Gasteiger partial charge in [-0.25, -0.2) is 9.37 Å². The molecule has 3 nitrogen and oxygen atoms in total. The van der Waals surface area contributed by atoms with E-state index in [0.29, 0.717) is 31.8 Å². The second kappa shape index (κ2) is 6.22. The van der Waals surface area contributed by atoms with Gasteiger partial charge in [0.15, 0.2) is 5.16 Å². The Labute approximate surface area is 139 Å². The lowest BCUT2D eigenvalue weighted by Gasteiger charge is -2.09. The first-order valence-electron chi connectivity index (χ1n) is 6.59. The zero-order chi connectivity index (χ0) is 15.7. The molecule has 22 heavy (non-hydrogen) atoms. The Hall–Kier alpha value is -1.66. The van der Waals surface area contributed by atoms with Gasteiger partial charge in [0.2, 0.25) is 0 Å². The standard InChI is InChI=1S/C16H12BrFN2OS/c1-20-15(21)12-4-2-3-5-14(12)19-16(20)22-9-10-6-7-11(17)8-13(10)18/h2-8H,9H2,1H3. The molecule has 0 aliphatic rings. The predicted octanol–water partition coefficient (Wildman–Crippen LogP) is 4.13. The summed E-state index contributed by atoms with van der Waals surface area (Å²) in [5.41, 5.74) is 1.14. The quantitative estimate of drug-likeness (QED) is 0.507. The number of benzene rings is 2. The molecule has 2 aromatic carbocycles. The van der Waals surface area contributed by atoms with Crippen LogP contribution in [0.3, 0.4) is 0 Å². The fourth-order valence-corrected chi connectivity index (χ4v) is 3.40. The van der Waals surface area contributed by atoms with Gasteiger partial charge in [-0.15, -0.1) is 0 Å². The van der Waals surface area contributed by atoms with Gasteiger partial charge in [0.25, 0.3) is 5.56 Å². The molecule has 0 unspecified atom stereocenters. The lowest BCUT2D eigenvalue weighted by atomic mass is 10.2. The van der Waals surface area contributed by atoms with Crippen molar-refractivity contribution in [3.63, 3.8) is 0 Å². The van der Waals surface area contributed by atoms with Crippen LogP contribution in [-0.4, -0.2) is 9.55 Å². The molecule has 112 valence electrons. The largest absolute Gasteiger partial charge is 0.290 e. The molecule has 0 aliphatic heterocycles. The van der Waals surface area contributed by atoms with Crippen LogP contribution in [0.25, 0.3) is 10.9 Å². The Kier molecular flexibility index (Phi) is 4.31. The lowest BCUT2D eigenvalue weighted by Crippen LogP contribution is -2.19. The summed E-state index contributed by atoms with van der Waals surface area (Å²) >= 11 is 4.58. The molecule has 0 N–H and O–H groups in total. The molecule has 0 spiro atoms. The van der Waals surface area contributed by atoms with E-state index in [-0.39, 0.29) is 11.4 Å². The number of hydrogen-bond donors (Lipinski definition) is 0. The minimum Gasteiger partial charge on any atom is -0.290 e. The summed E-state index contributed by atoms with van der Waals surface area (Å²) in [5, 5.41) is 1.16. The van der Waals surface area contributed by atoms with Crippen LogP contribution in [0.15, 0.2) is 56.9 Å². The van der Waals surface area contributed by atoms with E-state index in [1.54, 1.807) is 31.3 Å². The lowest BCUT2D eigenvalue weighted by molar-refractivity contribution is 0.616. The number of nitrogens with zero attached hydrogens (tertiary/aromatic N) is 2. The van der Waals surface area contributed by atoms with Gasteiger partial charge in [0.05, 0.1) is 10.9 Å². The maximum atomic E-state index is 13.9. The predicted molar refractivity (Wildman–Crippen MR) is 90.6 cm³/mol. The molecule has 3 aromatic rings. The van der Waals surface area contributed by atoms with Crippen LogP contribution < -0.4 is 5.56 Å². The van der Waals surface area contributed by atoms with Crippen LogP contribution in [0.4, 0.5) is 4.39 Å². The van der Waals surface area contributed by atoms with Crippen LogP contribution in [0.1, 0.15) is 5.56 Å². The van der Waals surface area contributed by atoms with Crippen LogP contribution >= 0.6 is 27.7 Å². The number of thioether (sulfide) groups is 1. The zero-order valence-electron chi connectivity index (χ0n) is 11.7. The monoisotopic (exact) mass is 378 g/mol. The van der Waals surface area contributed by atoms with Gasteiger partial charge in [-0.3, -0.25) is 9.36 Å². The fraction of sp³-hybridized carbons (Fsp3) is 0.125. The van der Waals surface area contributed by atoms with Gasteiger partial charge in [-0.2, -0.15) is 0 Å². The number of hydrogen-bond acceptors (Lipinski definition) is 3. The Balaban J connectivity index is 1.94. The van der Waals surface area contributed by atoms with E-state index in [9.17, 15) is 9.18 Å². The smallest absolute Gasteiger partial charge is 0.261 e. The highest BCUT2D eigenvalue weighted by Gasteiger charge is 2.10. The highest BCUT2D eigenvalue weighted by atomic mass is 79.9. The van der Waals surface area contributed by atoms with Gasteiger partial charge < -0.3 is 0 Å². The average molecular weight is 379 g/mol. The molecular weight excluding hydrogens is 367 g/mol. The van der Waals surface area contributed by atoms with Crippen molar-refractivity contribution >= 4 is 38.6 Å². The molecule has 1 aromatic heterocycles. The molecule has 1 heterocycles. The summed E-state index contributed by atoms with van der Waals surface area (Å²) in [6.45, 7) is 0. The second-order valence-corrected chi connectivity index (χ2v) is 6.66. The normalized spacial score (nSPS) is 11.0. The first kappa shape index (κ1) is 15.2. The van der Waals surface area contributed by atoms with Gasteiger partial charge >= 0.3 is 0 Å². The molecule has 0 saturated carbocycles. The molecule has 0 saturated heterocycles.